The maximum absolute atomic E-state index is 11.8. The molecule has 216 valence electrons. The molecule has 1 aliphatic heterocycles. The Morgan fingerprint density at radius 2 is 1.93 bits per heavy atom. The van der Waals surface area contributed by atoms with Crippen molar-refractivity contribution >= 4 is 28.9 Å². The maximum atomic E-state index is 11.8. The lowest BCUT2D eigenvalue weighted by atomic mass is 9.77. The van der Waals surface area contributed by atoms with Gasteiger partial charge in [-0.15, -0.1) is 0 Å². The lowest BCUT2D eigenvalue weighted by Crippen LogP contribution is -2.26. The van der Waals surface area contributed by atoms with Crippen LogP contribution >= 0.6 is 11.9 Å². The Labute approximate surface area is 243 Å². The van der Waals surface area contributed by atoms with E-state index >= 15 is 0 Å². The van der Waals surface area contributed by atoms with Crippen LogP contribution in [-0.2, 0) is 9.53 Å². The number of allylic oxidation sites excluding steroid dienone is 3. The van der Waals surface area contributed by atoms with Crippen LogP contribution in [0.5, 0.6) is 5.88 Å². The minimum atomic E-state index is -0.134. The monoisotopic (exact) mass is 564 g/mol. The molecular formula is C32H44N4O3S. The van der Waals surface area contributed by atoms with E-state index in [1.54, 1.807) is 6.08 Å². The van der Waals surface area contributed by atoms with Crippen LogP contribution in [0, 0.1) is 36.5 Å². The molecule has 7 nitrogen and oxygen atoms in total. The van der Waals surface area contributed by atoms with Gasteiger partial charge in [0.05, 0.1) is 18.9 Å². The molecule has 2 heterocycles. The summed E-state index contributed by atoms with van der Waals surface area (Å²) >= 11 is 1.16. The molecule has 0 spiro atoms. The number of aryl methyl sites for hydroxylation is 2. The number of hydrogen-bond acceptors (Lipinski definition) is 8. The second kappa shape index (κ2) is 15.0. The first kappa shape index (κ1) is 31.4. The van der Waals surface area contributed by atoms with Gasteiger partial charge in [0.15, 0.2) is 0 Å². The number of carbonyl (C=O) groups excluding carboxylic acids is 1. The third kappa shape index (κ3) is 10.1. The summed E-state index contributed by atoms with van der Waals surface area (Å²) in [5.41, 5.74) is 4.22. The van der Waals surface area contributed by atoms with Crippen molar-refractivity contribution in [3.05, 3.63) is 59.7 Å². The van der Waals surface area contributed by atoms with Crippen molar-refractivity contribution in [2.45, 2.75) is 73.6 Å². The van der Waals surface area contributed by atoms with E-state index in [0.29, 0.717) is 36.5 Å². The van der Waals surface area contributed by atoms with Crippen LogP contribution in [-0.4, -0.2) is 34.2 Å². The lowest BCUT2D eigenvalue weighted by molar-refractivity contribution is -0.143. The summed E-state index contributed by atoms with van der Waals surface area (Å²) in [4.78, 5) is 21.3. The summed E-state index contributed by atoms with van der Waals surface area (Å²) in [6.45, 7) is 13.7. The molecule has 0 radical (unpaired) electrons. The molecule has 2 N–H and O–H groups in total. The molecule has 40 heavy (non-hydrogen) atoms. The molecule has 2 aromatic rings. The van der Waals surface area contributed by atoms with Crippen LogP contribution in [0.15, 0.2) is 48.6 Å². The van der Waals surface area contributed by atoms with Crippen molar-refractivity contribution in [1.82, 2.24) is 9.97 Å². The molecule has 0 aliphatic carbocycles. The van der Waals surface area contributed by atoms with Gasteiger partial charge in [0, 0.05) is 30.0 Å². The standard InChI is InChI=1S/C32H44N4O3S/c1-7-38-29(37)18-11-9-16-24-15-8-10-17-27(33)40-36-31-34-26(30-22(2)13-12-14-23(30)3)19-28(35-31)39-21-25(24)20-32(4,5)6/h8,10,12-15,17,19,24-25,33H,7,9,11,16,18,20-21H2,1-6H3,(H,34,35,36)/b15-8-,17-10-,33-27?. The minimum absolute atomic E-state index is 0.104. The fourth-order valence-electron chi connectivity index (χ4n) is 5.06. The number of anilines is 1. The topological polar surface area (TPSA) is 97.2 Å². The molecule has 2 atom stereocenters. The summed E-state index contributed by atoms with van der Waals surface area (Å²) in [6.07, 6.45) is 12.0. The van der Waals surface area contributed by atoms with E-state index in [1.165, 1.54) is 0 Å². The largest absolute Gasteiger partial charge is 0.477 e. The number of esters is 1. The summed E-state index contributed by atoms with van der Waals surface area (Å²) in [7, 11) is 0. The van der Waals surface area contributed by atoms with E-state index < -0.39 is 0 Å². The number of aromatic nitrogens is 2. The Hall–Kier alpha value is -3.13. The zero-order chi connectivity index (χ0) is 29.1. The van der Waals surface area contributed by atoms with E-state index in [1.807, 2.05) is 31.2 Å². The number of fused-ring (bicyclic) bond motifs is 2. The Morgan fingerprint density at radius 3 is 2.62 bits per heavy atom. The van der Waals surface area contributed by atoms with E-state index in [2.05, 4.69) is 62.5 Å². The van der Waals surface area contributed by atoms with Gasteiger partial charge in [-0.2, -0.15) is 4.98 Å². The average Bonchev–Trinajstić information content (AvgIpc) is 2.88. The summed E-state index contributed by atoms with van der Waals surface area (Å²) in [5, 5.41) is 8.69. The van der Waals surface area contributed by atoms with Gasteiger partial charge in [-0.1, -0.05) is 63.6 Å². The third-order valence-electron chi connectivity index (χ3n) is 6.81. The molecule has 0 saturated heterocycles. The van der Waals surface area contributed by atoms with Gasteiger partial charge in [-0.3, -0.25) is 14.9 Å². The number of hydrogen-bond donors (Lipinski definition) is 2. The predicted molar refractivity (Wildman–Crippen MR) is 166 cm³/mol. The van der Waals surface area contributed by atoms with Crippen LogP contribution in [0.4, 0.5) is 5.95 Å². The van der Waals surface area contributed by atoms with Gasteiger partial charge in [-0.25, -0.2) is 4.98 Å². The van der Waals surface area contributed by atoms with Gasteiger partial charge in [0.2, 0.25) is 11.8 Å². The number of rotatable bonds is 8. The highest BCUT2D eigenvalue weighted by Gasteiger charge is 2.26. The molecule has 2 bridgehead atoms. The molecular weight excluding hydrogens is 520 g/mol. The van der Waals surface area contributed by atoms with Gasteiger partial charge in [0.1, 0.15) is 5.04 Å². The Morgan fingerprint density at radius 1 is 1.18 bits per heavy atom. The number of unbranched alkanes of at least 4 members (excludes halogenated alkanes) is 1. The molecule has 0 saturated carbocycles. The summed E-state index contributed by atoms with van der Waals surface area (Å²) in [6, 6.07) is 8.13. The molecule has 0 amide bonds. The molecule has 1 aromatic carbocycles. The van der Waals surface area contributed by atoms with Gasteiger partial charge in [-0.05, 0) is 74.5 Å². The van der Waals surface area contributed by atoms with Crippen molar-refractivity contribution in [3.63, 3.8) is 0 Å². The third-order valence-corrected chi connectivity index (χ3v) is 7.45. The first-order valence-electron chi connectivity index (χ1n) is 14.2. The summed E-state index contributed by atoms with van der Waals surface area (Å²) < 4.78 is 14.7. The zero-order valence-electron chi connectivity index (χ0n) is 24.8. The maximum Gasteiger partial charge on any atom is 0.305 e. The highest BCUT2D eigenvalue weighted by molar-refractivity contribution is 8.15. The molecule has 8 heteroatoms. The average molecular weight is 565 g/mol. The van der Waals surface area contributed by atoms with E-state index in [9.17, 15) is 4.79 Å². The van der Waals surface area contributed by atoms with Crippen molar-refractivity contribution in [2.75, 3.05) is 17.9 Å². The fourth-order valence-corrected chi connectivity index (χ4v) is 5.50. The molecule has 1 aliphatic rings. The molecule has 0 fully saturated rings. The number of nitrogens with one attached hydrogen (secondary N) is 2. The molecule has 2 unspecified atom stereocenters. The highest BCUT2D eigenvalue weighted by Crippen LogP contribution is 2.34. The normalized spacial score (nSPS) is 19.6. The minimum Gasteiger partial charge on any atom is -0.477 e. The fraction of sp³-hybridized carbons (Fsp3) is 0.500. The second-order valence-corrected chi connectivity index (χ2v) is 12.4. The first-order chi connectivity index (χ1) is 19.1. The van der Waals surface area contributed by atoms with Gasteiger partial charge >= 0.3 is 5.97 Å². The van der Waals surface area contributed by atoms with Crippen LogP contribution in [0.1, 0.15) is 70.9 Å². The quantitative estimate of drug-likeness (QED) is 0.190. The Balaban J connectivity index is 1.92. The second-order valence-electron chi connectivity index (χ2n) is 11.5. The van der Waals surface area contributed by atoms with Crippen LogP contribution in [0.2, 0.25) is 0 Å². The predicted octanol–water partition coefficient (Wildman–Crippen LogP) is 8.09. The van der Waals surface area contributed by atoms with Gasteiger partial charge in [0.25, 0.3) is 0 Å². The van der Waals surface area contributed by atoms with Crippen molar-refractivity contribution < 1.29 is 14.3 Å². The van der Waals surface area contributed by atoms with E-state index in [4.69, 9.17) is 19.9 Å². The SMILES string of the molecule is CCOC(=O)CCCCC1/C=C\C=C/C(=N)SNc2nc(cc(-c3c(C)cccc3C)n2)OCC1CC(C)(C)C. The van der Waals surface area contributed by atoms with Crippen LogP contribution in [0.25, 0.3) is 11.3 Å². The van der Waals surface area contributed by atoms with Crippen molar-refractivity contribution in [2.24, 2.45) is 17.3 Å². The highest BCUT2D eigenvalue weighted by atomic mass is 32.2. The molecule has 1 aromatic heterocycles. The lowest BCUT2D eigenvalue weighted by Gasteiger charge is -2.31. The number of nitrogens with zero attached hydrogens (tertiary/aromatic N) is 2. The number of carbonyl (C=O) groups is 1. The van der Waals surface area contributed by atoms with Gasteiger partial charge < -0.3 is 9.47 Å². The van der Waals surface area contributed by atoms with E-state index in [0.717, 1.165) is 60.0 Å². The first-order valence-corrected chi connectivity index (χ1v) is 15.0. The van der Waals surface area contributed by atoms with Crippen molar-refractivity contribution in [1.29, 1.82) is 5.41 Å². The van der Waals surface area contributed by atoms with Crippen LogP contribution in [0.3, 0.4) is 0 Å². The van der Waals surface area contributed by atoms with E-state index in [-0.39, 0.29) is 23.2 Å². The number of ether oxygens (including phenoxy) is 2. The Kier molecular flexibility index (Phi) is 11.8. The zero-order valence-corrected chi connectivity index (χ0v) is 25.6. The van der Waals surface area contributed by atoms with Crippen molar-refractivity contribution in [3.8, 4) is 17.1 Å². The smallest absolute Gasteiger partial charge is 0.305 e. The molecule has 3 rings (SSSR count). The number of benzene rings is 1. The Bertz CT molecular complexity index is 1200. The summed E-state index contributed by atoms with van der Waals surface area (Å²) in [5.74, 6) is 1.27. The van der Waals surface area contributed by atoms with Crippen LogP contribution < -0.4 is 9.46 Å².